The van der Waals surface area contributed by atoms with Gasteiger partial charge in [0.25, 0.3) is 0 Å². The fourth-order valence-electron chi connectivity index (χ4n) is 3.97. The van der Waals surface area contributed by atoms with Crippen LogP contribution in [0, 0.1) is 5.92 Å². The number of piperidine rings is 1. The zero-order valence-electron chi connectivity index (χ0n) is 17.4. The number of benzene rings is 1. The van der Waals surface area contributed by atoms with E-state index in [0.29, 0.717) is 24.6 Å². The summed E-state index contributed by atoms with van der Waals surface area (Å²) in [6.45, 7) is 2.15. The van der Waals surface area contributed by atoms with Crippen molar-refractivity contribution in [2.24, 2.45) is 18.7 Å². The normalized spacial score (nSPS) is 17.4. The molecule has 0 saturated carbocycles. The Morgan fingerprint density at radius 3 is 2.72 bits per heavy atom. The van der Waals surface area contributed by atoms with Crippen molar-refractivity contribution in [2.45, 2.75) is 25.7 Å². The predicted octanol–water partition coefficient (Wildman–Crippen LogP) is 3.31. The maximum absolute atomic E-state index is 12.3. The highest BCUT2D eigenvalue weighted by molar-refractivity contribution is 5.90. The van der Waals surface area contributed by atoms with Crippen molar-refractivity contribution in [3.63, 3.8) is 0 Å². The van der Waals surface area contributed by atoms with Gasteiger partial charge >= 0.3 is 6.36 Å². The van der Waals surface area contributed by atoms with Gasteiger partial charge in [0.15, 0.2) is 0 Å². The van der Waals surface area contributed by atoms with Crippen molar-refractivity contribution in [3.8, 4) is 5.75 Å². The molecular formula is C21H23F3N6O2. The van der Waals surface area contributed by atoms with Crippen molar-refractivity contribution < 1.29 is 22.7 Å². The largest absolute Gasteiger partial charge is 0.573 e. The summed E-state index contributed by atoms with van der Waals surface area (Å²) in [5.74, 6) is -0.167. The first kappa shape index (κ1) is 21.9. The van der Waals surface area contributed by atoms with E-state index in [9.17, 15) is 18.0 Å². The smallest absolute Gasteiger partial charge is 0.406 e. The van der Waals surface area contributed by atoms with Crippen molar-refractivity contribution in [1.82, 2.24) is 19.4 Å². The Labute approximate surface area is 182 Å². The Bertz CT molecular complexity index is 1110. The summed E-state index contributed by atoms with van der Waals surface area (Å²) in [6.07, 6.45) is -1.58. The minimum atomic E-state index is -4.74. The molecule has 0 bridgehead atoms. The van der Waals surface area contributed by atoms with Crippen LogP contribution < -0.4 is 15.8 Å². The van der Waals surface area contributed by atoms with Gasteiger partial charge in [0.05, 0.1) is 11.3 Å². The zero-order chi connectivity index (χ0) is 22.9. The Morgan fingerprint density at radius 1 is 1.28 bits per heavy atom. The summed E-state index contributed by atoms with van der Waals surface area (Å²) in [7, 11) is 1.91. The average Bonchev–Trinajstić information content (AvgIpc) is 3.05. The molecule has 1 unspecified atom stereocenters. The van der Waals surface area contributed by atoms with E-state index in [-0.39, 0.29) is 17.6 Å². The van der Waals surface area contributed by atoms with Gasteiger partial charge in [-0.05, 0) is 49.7 Å². The number of nitrogens with two attached hydrogens (primary N) is 1. The number of ether oxygens (including phenoxy) is 1. The number of halogens is 3. The topological polar surface area (TPSA) is 98.3 Å². The van der Waals surface area contributed by atoms with Gasteiger partial charge in [-0.15, -0.1) is 13.2 Å². The number of likely N-dealkylation sites (tertiary alicyclic amines) is 1. The number of fused-ring (bicyclic) bond motifs is 1. The van der Waals surface area contributed by atoms with E-state index in [4.69, 9.17) is 5.73 Å². The number of nitrogens with zero attached hydrogens (tertiary/aromatic N) is 4. The minimum Gasteiger partial charge on any atom is -0.406 e. The lowest BCUT2D eigenvalue weighted by molar-refractivity contribution is -0.274. The number of anilines is 2. The van der Waals surface area contributed by atoms with Crippen LogP contribution >= 0.6 is 0 Å². The Hall–Kier alpha value is -3.34. The van der Waals surface area contributed by atoms with E-state index >= 15 is 0 Å². The van der Waals surface area contributed by atoms with Gasteiger partial charge in [0.1, 0.15) is 23.5 Å². The molecule has 0 spiro atoms. The number of hydrogen-bond donors (Lipinski definition) is 2. The number of primary amides is 1. The van der Waals surface area contributed by atoms with E-state index in [0.717, 1.165) is 36.1 Å². The molecule has 170 valence electrons. The summed E-state index contributed by atoms with van der Waals surface area (Å²) in [6, 6.07) is 7.41. The third kappa shape index (κ3) is 4.93. The minimum absolute atomic E-state index is 0.139. The first-order valence-electron chi connectivity index (χ1n) is 10.1. The van der Waals surface area contributed by atoms with Crippen molar-refractivity contribution in [2.75, 3.05) is 18.4 Å². The number of carbonyl (C=O) groups excluding carboxylic acids is 1. The second-order valence-corrected chi connectivity index (χ2v) is 7.83. The van der Waals surface area contributed by atoms with Crippen LogP contribution in [-0.4, -0.2) is 44.8 Å². The maximum Gasteiger partial charge on any atom is 0.573 e. The molecule has 32 heavy (non-hydrogen) atoms. The summed E-state index contributed by atoms with van der Waals surface area (Å²) < 4.78 is 42.9. The van der Waals surface area contributed by atoms with Gasteiger partial charge in [-0.25, -0.2) is 9.97 Å². The molecule has 1 fully saturated rings. The van der Waals surface area contributed by atoms with Crippen molar-refractivity contribution in [1.29, 1.82) is 0 Å². The summed E-state index contributed by atoms with van der Waals surface area (Å²) in [5.41, 5.74) is 7.77. The molecule has 1 aromatic carbocycles. The zero-order valence-corrected chi connectivity index (χ0v) is 17.4. The maximum atomic E-state index is 12.3. The highest BCUT2D eigenvalue weighted by Crippen LogP contribution is 2.29. The molecule has 8 nitrogen and oxygen atoms in total. The van der Waals surface area contributed by atoms with Gasteiger partial charge in [-0.3, -0.25) is 9.69 Å². The third-order valence-electron chi connectivity index (χ3n) is 5.57. The number of amides is 1. The standard InChI is InChI=1S/C21H23F3N6O2/c1-29-15(11-30-8-2-3-13(10-30)18(25)31)9-17-19(26-12-27-20(17)29)28-14-4-6-16(7-5-14)32-21(22,23)24/h4-7,9,12-13H,2-3,8,10-11H2,1H3,(H2,25,31)(H,26,27,28). The molecule has 11 heteroatoms. The highest BCUT2D eigenvalue weighted by atomic mass is 19.4. The van der Waals surface area contributed by atoms with Crippen molar-refractivity contribution in [3.05, 3.63) is 42.4 Å². The Balaban J connectivity index is 1.53. The van der Waals surface area contributed by atoms with Gasteiger partial charge in [-0.2, -0.15) is 0 Å². The molecule has 3 heterocycles. The predicted molar refractivity (Wildman–Crippen MR) is 112 cm³/mol. The lowest BCUT2D eigenvalue weighted by atomic mass is 9.97. The fourth-order valence-corrected chi connectivity index (χ4v) is 3.97. The van der Waals surface area contributed by atoms with Crippen molar-refractivity contribution >= 4 is 28.4 Å². The molecule has 0 aliphatic carbocycles. The molecule has 1 amide bonds. The fraction of sp³-hybridized carbons (Fsp3) is 0.381. The lowest BCUT2D eigenvalue weighted by Gasteiger charge is -2.31. The van der Waals surface area contributed by atoms with Crippen LogP contribution in [0.15, 0.2) is 36.7 Å². The Morgan fingerprint density at radius 2 is 2.03 bits per heavy atom. The van der Waals surface area contributed by atoms with Gasteiger partial charge in [0.2, 0.25) is 5.91 Å². The number of aromatic nitrogens is 3. The number of alkyl halides is 3. The first-order chi connectivity index (χ1) is 15.2. The van der Waals surface area contributed by atoms with Gasteiger partial charge in [-0.1, -0.05) is 0 Å². The van der Waals surface area contributed by atoms with Crippen LogP contribution in [0.25, 0.3) is 11.0 Å². The summed E-state index contributed by atoms with van der Waals surface area (Å²) >= 11 is 0. The quantitative estimate of drug-likeness (QED) is 0.601. The van der Waals surface area contributed by atoms with E-state index < -0.39 is 6.36 Å². The van der Waals surface area contributed by atoms with E-state index in [1.165, 1.54) is 30.6 Å². The van der Waals surface area contributed by atoms with E-state index in [1.807, 2.05) is 17.7 Å². The molecule has 1 atom stereocenters. The molecule has 1 aliphatic heterocycles. The molecule has 1 saturated heterocycles. The average molecular weight is 448 g/mol. The molecule has 4 rings (SSSR count). The van der Waals surface area contributed by atoms with E-state index in [1.54, 1.807) is 0 Å². The first-order valence-corrected chi connectivity index (χ1v) is 10.1. The molecular weight excluding hydrogens is 425 g/mol. The molecule has 1 aliphatic rings. The van der Waals surface area contributed by atoms with Crippen LogP contribution in [0.1, 0.15) is 18.5 Å². The monoisotopic (exact) mass is 448 g/mol. The summed E-state index contributed by atoms with van der Waals surface area (Å²) in [5, 5.41) is 3.91. The van der Waals surface area contributed by atoms with Crippen LogP contribution in [0.2, 0.25) is 0 Å². The number of rotatable bonds is 6. The van der Waals surface area contributed by atoms with Crippen LogP contribution in [0.5, 0.6) is 5.75 Å². The second-order valence-electron chi connectivity index (χ2n) is 7.83. The lowest BCUT2D eigenvalue weighted by Crippen LogP contribution is -2.40. The number of hydrogen-bond acceptors (Lipinski definition) is 6. The number of carbonyl (C=O) groups is 1. The van der Waals surface area contributed by atoms with Crippen LogP contribution in [0.3, 0.4) is 0 Å². The van der Waals surface area contributed by atoms with Gasteiger partial charge in [0, 0.05) is 31.5 Å². The molecule has 0 radical (unpaired) electrons. The van der Waals surface area contributed by atoms with Crippen LogP contribution in [0.4, 0.5) is 24.7 Å². The summed E-state index contributed by atoms with van der Waals surface area (Å²) in [4.78, 5) is 22.4. The Kier molecular flexibility index (Phi) is 5.92. The number of nitrogens with one attached hydrogen (secondary N) is 1. The number of aryl methyl sites for hydroxylation is 1. The molecule has 3 aromatic rings. The SMILES string of the molecule is Cn1c(CN2CCCC(C(N)=O)C2)cc2c(Nc3ccc(OC(F)(F)F)cc3)ncnc21. The highest BCUT2D eigenvalue weighted by Gasteiger charge is 2.31. The second kappa shape index (κ2) is 8.65. The van der Waals surface area contributed by atoms with E-state index in [2.05, 4.69) is 24.9 Å². The van der Waals surface area contributed by atoms with Gasteiger partial charge < -0.3 is 20.4 Å². The molecule has 2 aromatic heterocycles. The third-order valence-corrected chi connectivity index (χ3v) is 5.57. The molecule has 3 N–H and O–H groups in total. The van der Waals surface area contributed by atoms with Crippen LogP contribution in [-0.2, 0) is 18.4 Å².